The van der Waals surface area contributed by atoms with Gasteiger partial charge in [0.25, 0.3) is 0 Å². The summed E-state index contributed by atoms with van der Waals surface area (Å²) in [5.41, 5.74) is 1.81. The topological polar surface area (TPSA) is 45.0 Å². The Hall–Kier alpha value is -1.53. The first-order chi connectivity index (χ1) is 9.81. The van der Waals surface area contributed by atoms with Crippen LogP contribution in [0.25, 0.3) is 0 Å². The molecule has 2 aliphatic rings. The zero-order chi connectivity index (χ0) is 13.8. The average Bonchev–Trinajstić information content (AvgIpc) is 2.49. The van der Waals surface area contributed by atoms with Gasteiger partial charge in [-0.1, -0.05) is 31.4 Å². The van der Waals surface area contributed by atoms with E-state index in [1.165, 1.54) is 32.1 Å². The van der Waals surface area contributed by atoms with E-state index in [-0.39, 0.29) is 5.60 Å². The van der Waals surface area contributed by atoms with Gasteiger partial charge in [-0.15, -0.1) is 0 Å². The maximum absolute atomic E-state index is 9.18. The van der Waals surface area contributed by atoms with Crippen molar-refractivity contribution in [1.29, 1.82) is 5.26 Å². The molecule has 0 amide bonds. The van der Waals surface area contributed by atoms with Gasteiger partial charge in [-0.05, 0) is 37.8 Å². The number of nitrogens with one attached hydrogen (secondary N) is 1. The minimum atomic E-state index is 0.107. The number of hydrogen-bond acceptors (Lipinski definition) is 3. The molecule has 1 aliphatic heterocycles. The third-order valence-electron chi connectivity index (χ3n) is 4.66. The third-order valence-corrected chi connectivity index (χ3v) is 4.66. The Morgan fingerprint density at radius 2 is 2.00 bits per heavy atom. The summed E-state index contributed by atoms with van der Waals surface area (Å²) in [5.74, 6) is 0. The molecule has 2 fully saturated rings. The highest BCUT2D eigenvalue weighted by atomic mass is 16.5. The minimum absolute atomic E-state index is 0.107. The van der Waals surface area contributed by atoms with E-state index in [1.54, 1.807) is 0 Å². The summed E-state index contributed by atoms with van der Waals surface area (Å²) < 4.78 is 6.13. The number of nitrogens with zero attached hydrogens (tertiary/aromatic N) is 1. The van der Waals surface area contributed by atoms with Crippen LogP contribution < -0.4 is 5.32 Å². The smallest absolute Gasteiger partial charge is 0.101 e. The van der Waals surface area contributed by atoms with Gasteiger partial charge in [0.2, 0.25) is 0 Å². The molecule has 1 aliphatic carbocycles. The second-order valence-corrected chi connectivity index (χ2v) is 6.08. The number of benzene rings is 1. The summed E-state index contributed by atoms with van der Waals surface area (Å²) in [4.78, 5) is 0. The molecule has 0 bridgehead atoms. The van der Waals surface area contributed by atoms with Crippen molar-refractivity contribution >= 4 is 5.69 Å². The number of ether oxygens (including phenoxy) is 1. The zero-order valence-corrected chi connectivity index (χ0v) is 11.9. The number of rotatable bonds is 2. The second kappa shape index (κ2) is 5.85. The van der Waals surface area contributed by atoms with Gasteiger partial charge in [-0.25, -0.2) is 0 Å². The molecule has 20 heavy (non-hydrogen) atoms. The molecule has 1 atom stereocenters. The first-order valence-electron chi connectivity index (χ1n) is 7.71. The predicted octanol–water partition coefficient (Wildman–Crippen LogP) is 3.85. The lowest BCUT2D eigenvalue weighted by atomic mass is 9.78. The van der Waals surface area contributed by atoms with Crippen molar-refractivity contribution in [3.05, 3.63) is 29.8 Å². The van der Waals surface area contributed by atoms with Crippen molar-refractivity contribution in [3.63, 3.8) is 0 Å². The van der Waals surface area contributed by atoms with E-state index in [0.29, 0.717) is 6.04 Å². The van der Waals surface area contributed by atoms with Crippen molar-refractivity contribution in [2.45, 2.75) is 56.6 Å². The number of anilines is 1. The van der Waals surface area contributed by atoms with Gasteiger partial charge >= 0.3 is 0 Å². The maximum Gasteiger partial charge on any atom is 0.101 e. The van der Waals surface area contributed by atoms with Crippen LogP contribution in [0.2, 0.25) is 0 Å². The van der Waals surface area contributed by atoms with Crippen molar-refractivity contribution in [2.75, 3.05) is 11.9 Å². The first kappa shape index (κ1) is 13.5. The fourth-order valence-corrected chi connectivity index (χ4v) is 3.62. The summed E-state index contributed by atoms with van der Waals surface area (Å²) in [5, 5.41) is 12.7. The molecule has 3 heteroatoms. The molecule has 1 spiro atoms. The van der Waals surface area contributed by atoms with Gasteiger partial charge in [0.1, 0.15) is 6.07 Å². The summed E-state index contributed by atoms with van der Waals surface area (Å²) in [6, 6.07) is 10.5. The Labute approximate surface area is 120 Å². The van der Waals surface area contributed by atoms with Gasteiger partial charge in [0.05, 0.1) is 16.9 Å². The number of para-hydroxylation sites is 1. The fraction of sp³-hybridized carbons (Fsp3) is 0.588. The Bertz CT molecular complexity index is 494. The van der Waals surface area contributed by atoms with Crippen LogP contribution in [0.5, 0.6) is 0 Å². The Kier molecular flexibility index (Phi) is 3.93. The highest BCUT2D eigenvalue weighted by molar-refractivity contribution is 5.57. The van der Waals surface area contributed by atoms with Crippen LogP contribution in [0, 0.1) is 11.3 Å². The largest absolute Gasteiger partial charge is 0.381 e. The fourth-order valence-electron chi connectivity index (χ4n) is 3.62. The van der Waals surface area contributed by atoms with E-state index in [2.05, 4.69) is 11.4 Å². The monoisotopic (exact) mass is 270 g/mol. The van der Waals surface area contributed by atoms with Crippen LogP contribution in [0.3, 0.4) is 0 Å². The molecule has 1 saturated carbocycles. The molecular weight excluding hydrogens is 248 g/mol. The van der Waals surface area contributed by atoms with E-state index >= 15 is 0 Å². The summed E-state index contributed by atoms with van der Waals surface area (Å²) in [7, 11) is 0. The quantitative estimate of drug-likeness (QED) is 0.887. The molecule has 1 heterocycles. The molecule has 3 rings (SSSR count). The van der Waals surface area contributed by atoms with Gasteiger partial charge in [-0.2, -0.15) is 5.26 Å². The van der Waals surface area contributed by atoms with Crippen LogP contribution in [0.4, 0.5) is 5.69 Å². The Morgan fingerprint density at radius 3 is 2.80 bits per heavy atom. The molecule has 1 aromatic rings. The van der Waals surface area contributed by atoms with Gasteiger partial charge in [-0.3, -0.25) is 0 Å². The van der Waals surface area contributed by atoms with Crippen LogP contribution in [-0.4, -0.2) is 18.2 Å². The van der Waals surface area contributed by atoms with Crippen LogP contribution in [-0.2, 0) is 4.74 Å². The van der Waals surface area contributed by atoms with Crippen LogP contribution in [0.1, 0.15) is 50.5 Å². The van der Waals surface area contributed by atoms with Gasteiger partial charge in [0, 0.05) is 12.6 Å². The Morgan fingerprint density at radius 1 is 1.20 bits per heavy atom. The van der Waals surface area contributed by atoms with E-state index in [0.717, 1.165) is 30.7 Å². The molecule has 106 valence electrons. The van der Waals surface area contributed by atoms with E-state index in [4.69, 9.17) is 4.74 Å². The van der Waals surface area contributed by atoms with Gasteiger partial charge < -0.3 is 10.1 Å². The third kappa shape index (κ3) is 2.81. The lowest BCUT2D eigenvalue weighted by Crippen LogP contribution is -2.45. The molecule has 1 N–H and O–H groups in total. The number of hydrogen-bond donors (Lipinski definition) is 1. The van der Waals surface area contributed by atoms with E-state index in [9.17, 15) is 5.26 Å². The standard InChI is InChI=1S/C17H22N2O/c18-13-14-6-2-3-7-16(14)19-15-8-11-20-17(12-15)9-4-1-5-10-17/h2-3,6-7,15,19H,1,4-5,8-12H2. The maximum atomic E-state index is 9.18. The van der Waals surface area contributed by atoms with Crippen molar-refractivity contribution in [3.8, 4) is 6.07 Å². The predicted molar refractivity (Wildman–Crippen MR) is 79.6 cm³/mol. The first-order valence-corrected chi connectivity index (χ1v) is 7.71. The van der Waals surface area contributed by atoms with Crippen LogP contribution >= 0.6 is 0 Å². The summed E-state index contributed by atoms with van der Waals surface area (Å²) in [6.45, 7) is 0.840. The summed E-state index contributed by atoms with van der Waals surface area (Å²) in [6.07, 6.45) is 8.44. The Balaban J connectivity index is 1.70. The highest BCUT2D eigenvalue weighted by Crippen LogP contribution is 2.39. The van der Waals surface area contributed by atoms with E-state index < -0.39 is 0 Å². The van der Waals surface area contributed by atoms with Gasteiger partial charge in [0.15, 0.2) is 0 Å². The molecule has 1 unspecified atom stereocenters. The molecule has 0 radical (unpaired) electrons. The SMILES string of the molecule is N#Cc1ccccc1NC1CCOC2(CCCCC2)C1. The lowest BCUT2D eigenvalue weighted by molar-refractivity contribution is -0.103. The van der Waals surface area contributed by atoms with E-state index in [1.807, 2.05) is 24.3 Å². The average molecular weight is 270 g/mol. The molecule has 1 saturated heterocycles. The minimum Gasteiger partial charge on any atom is -0.381 e. The normalized spacial score (nSPS) is 25.1. The number of nitriles is 1. The lowest BCUT2D eigenvalue weighted by Gasteiger charge is -2.44. The molecule has 1 aromatic carbocycles. The van der Waals surface area contributed by atoms with Crippen molar-refractivity contribution in [2.24, 2.45) is 0 Å². The molecular formula is C17H22N2O. The zero-order valence-electron chi connectivity index (χ0n) is 11.9. The second-order valence-electron chi connectivity index (χ2n) is 6.08. The molecule has 3 nitrogen and oxygen atoms in total. The summed E-state index contributed by atoms with van der Waals surface area (Å²) >= 11 is 0. The van der Waals surface area contributed by atoms with Crippen molar-refractivity contribution < 1.29 is 4.74 Å². The molecule has 0 aromatic heterocycles. The highest BCUT2D eigenvalue weighted by Gasteiger charge is 2.38. The van der Waals surface area contributed by atoms with Crippen molar-refractivity contribution in [1.82, 2.24) is 0 Å². The van der Waals surface area contributed by atoms with Crippen LogP contribution in [0.15, 0.2) is 24.3 Å².